The van der Waals surface area contributed by atoms with Gasteiger partial charge in [-0.3, -0.25) is 10.1 Å². The molecule has 1 aliphatic rings. The van der Waals surface area contributed by atoms with Gasteiger partial charge in [-0.1, -0.05) is 38.0 Å². The van der Waals surface area contributed by atoms with Crippen molar-refractivity contribution in [2.24, 2.45) is 5.92 Å². The van der Waals surface area contributed by atoms with Gasteiger partial charge in [-0.25, -0.2) is 0 Å². The Balaban J connectivity index is 2.20. The summed E-state index contributed by atoms with van der Waals surface area (Å²) in [5, 5.41) is 12.9. The molecule has 20 heavy (non-hydrogen) atoms. The number of aliphatic carboxylic acids is 1. The molecular formula is C16H23NO3. The van der Waals surface area contributed by atoms with Crippen LogP contribution in [0.25, 0.3) is 0 Å². The summed E-state index contributed by atoms with van der Waals surface area (Å²) in [7, 11) is 1.57. The SMILES string of the molecule is COc1ccccc1C(NC1CCCCC1C)C(=O)O. The van der Waals surface area contributed by atoms with E-state index in [4.69, 9.17) is 4.74 Å². The summed E-state index contributed by atoms with van der Waals surface area (Å²) in [5.74, 6) is 0.281. The summed E-state index contributed by atoms with van der Waals surface area (Å²) >= 11 is 0. The molecule has 3 atom stereocenters. The summed E-state index contributed by atoms with van der Waals surface area (Å²) in [6.45, 7) is 2.19. The molecule has 1 saturated carbocycles. The first kappa shape index (κ1) is 14.9. The summed E-state index contributed by atoms with van der Waals surface area (Å²) in [6, 6.07) is 6.87. The number of carbonyl (C=O) groups is 1. The van der Waals surface area contributed by atoms with E-state index in [0.717, 1.165) is 12.8 Å². The second kappa shape index (κ2) is 6.75. The number of methoxy groups -OCH3 is 1. The number of hydrogen-bond acceptors (Lipinski definition) is 3. The fourth-order valence-corrected chi connectivity index (χ4v) is 2.98. The van der Waals surface area contributed by atoms with Gasteiger partial charge in [-0.15, -0.1) is 0 Å². The maximum absolute atomic E-state index is 11.6. The maximum Gasteiger partial charge on any atom is 0.325 e. The van der Waals surface area contributed by atoms with Crippen molar-refractivity contribution in [3.05, 3.63) is 29.8 Å². The van der Waals surface area contributed by atoms with Crippen LogP contribution in [0.3, 0.4) is 0 Å². The summed E-state index contributed by atoms with van der Waals surface area (Å²) in [5.41, 5.74) is 0.695. The van der Waals surface area contributed by atoms with Crippen molar-refractivity contribution < 1.29 is 14.6 Å². The number of hydrogen-bond donors (Lipinski definition) is 2. The molecule has 0 bridgehead atoms. The lowest BCUT2D eigenvalue weighted by Crippen LogP contribution is -2.42. The van der Waals surface area contributed by atoms with Crippen LogP contribution in [0, 0.1) is 5.92 Å². The molecule has 4 heteroatoms. The van der Waals surface area contributed by atoms with Crippen LogP contribution in [0.4, 0.5) is 0 Å². The first-order chi connectivity index (χ1) is 9.63. The fourth-order valence-electron chi connectivity index (χ4n) is 2.98. The van der Waals surface area contributed by atoms with Crippen LogP contribution in [-0.2, 0) is 4.79 Å². The van der Waals surface area contributed by atoms with Gasteiger partial charge in [0.05, 0.1) is 7.11 Å². The normalized spacial score (nSPS) is 24.1. The van der Waals surface area contributed by atoms with Crippen molar-refractivity contribution in [1.29, 1.82) is 0 Å². The molecule has 1 fully saturated rings. The zero-order chi connectivity index (χ0) is 14.5. The lowest BCUT2D eigenvalue weighted by Gasteiger charge is -2.32. The minimum atomic E-state index is -0.854. The average Bonchev–Trinajstić information content (AvgIpc) is 2.46. The Morgan fingerprint density at radius 1 is 1.35 bits per heavy atom. The van der Waals surface area contributed by atoms with E-state index in [1.54, 1.807) is 13.2 Å². The molecule has 0 spiro atoms. The van der Waals surface area contributed by atoms with Crippen molar-refractivity contribution in [3.63, 3.8) is 0 Å². The average molecular weight is 277 g/mol. The van der Waals surface area contributed by atoms with Gasteiger partial charge in [0.1, 0.15) is 11.8 Å². The molecule has 1 aromatic carbocycles. The van der Waals surface area contributed by atoms with Crippen LogP contribution >= 0.6 is 0 Å². The van der Waals surface area contributed by atoms with Gasteiger partial charge >= 0.3 is 5.97 Å². The summed E-state index contributed by atoms with van der Waals surface area (Å²) in [6.07, 6.45) is 4.61. The van der Waals surface area contributed by atoms with Crippen LogP contribution in [0.5, 0.6) is 5.75 Å². The number of rotatable bonds is 5. The van der Waals surface area contributed by atoms with E-state index >= 15 is 0 Å². The molecule has 0 amide bonds. The highest BCUT2D eigenvalue weighted by Crippen LogP contribution is 2.29. The van der Waals surface area contributed by atoms with Crippen molar-refractivity contribution in [2.45, 2.75) is 44.7 Å². The standard InChI is InChI=1S/C16H23NO3/c1-11-7-3-5-9-13(11)17-15(16(18)19)12-8-4-6-10-14(12)20-2/h4,6,8,10-11,13,15,17H,3,5,7,9H2,1-2H3,(H,18,19). The molecule has 0 radical (unpaired) electrons. The third-order valence-electron chi connectivity index (χ3n) is 4.19. The Kier molecular flexibility index (Phi) is 5.01. The smallest absolute Gasteiger partial charge is 0.325 e. The molecule has 1 aliphatic carbocycles. The molecule has 0 aliphatic heterocycles. The number of nitrogens with one attached hydrogen (secondary N) is 1. The van der Waals surface area contributed by atoms with E-state index < -0.39 is 12.0 Å². The zero-order valence-electron chi connectivity index (χ0n) is 12.1. The van der Waals surface area contributed by atoms with Gasteiger partial charge < -0.3 is 9.84 Å². The number of ether oxygens (including phenoxy) is 1. The van der Waals surface area contributed by atoms with E-state index in [0.29, 0.717) is 17.2 Å². The first-order valence-electron chi connectivity index (χ1n) is 7.25. The zero-order valence-corrected chi connectivity index (χ0v) is 12.1. The topological polar surface area (TPSA) is 58.6 Å². The monoisotopic (exact) mass is 277 g/mol. The molecule has 4 nitrogen and oxygen atoms in total. The van der Waals surface area contributed by atoms with Gasteiger partial charge in [-0.2, -0.15) is 0 Å². The molecule has 0 aromatic heterocycles. The highest BCUT2D eigenvalue weighted by atomic mass is 16.5. The number of para-hydroxylation sites is 1. The second-order valence-corrected chi connectivity index (χ2v) is 5.55. The number of benzene rings is 1. The lowest BCUT2D eigenvalue weighted by molar-refractivity contribution is -0.140. The van der Waals surface area contributed by atoms with E-state index in [2.05, 4.69) is 12.2 Å². The van der Waals surface area contributed by atoms with Gasteiger partial charge in [0.2, 0.25) is 0 Å². The summed E-state index contributed by atoms with van der Waals surface area (Å²) in [4.78, 5) is 11.6. The molecule has 2 N–H and O–H groups in total. The van der Waals surface area contributed by atoms with Gasteiger partial charge in [0.25, 0.3) is 0 Å². The van der Waals surface area contributed by atoms with Crippen LogP contribution in [0.2, 0.25) is 0 Å². The fraction of sp³-hybridized carbons (Fsp3) is 0.562. The van der Waals surface area contributed by atoms with Crippen molar-refractivity contribution in [1.82, 2.24) is 5.32 Å². The Morgan fingerprint density at radius 2 is 2.05 bits per heavy atom. The third-order valence-corrected chi connectivity index (χ3v) is 4.19. The van der Waals surface area contributed by atoms with Crippen molar-refractivity contribution in [2.75, 3.05) is 7.11 Å². The minimum absolute atomic E-state index is 0.259. The number of carboxylic acids is 1. The molecular weight excluding hydrogens is 254 g/mol. The lowest BCUT2D eigenvalue weighted by atomic mass is 9.85. The highest BCUT2D eigenvalue weighted by molar-refractivity contribution is 5.76. The van der Waals surface area contributed by atoms with Crippen molar-refractivity contribution in [3.8, 4) is 5.75 Å². The molecule has 1 aromatic rings. The highest BCUT2D eigenvalue weighted by Gasteiger charge is 2.29. The molecule has 110 valence electrons. The van der Waals surface area contributed by atoms with Gasteiger partial charge in [0.15, 0.2) is 0 Å². The predicted octanol–water partition coefficient (Wildman–Crippen LogP) is 2.99. The van der Waals surface area contributed by atoms with E-state index in [9.17, 15) is 9.90 Å². The molecule has 0 heterocycles. The van der Waals surface area contributed by atoms with Crippen LogP contribution < -0.4 is 10.1 Å². The second-order valence-electron chi connectivity index (χ2n) is 5.55. The van der Waals surface area contributed by atoms with Gasteiger partial charge in [-0.05, 0) is 24.8 Å². The largest absolute Gasteiger partial charge is 0.496 e. The van der Waals surface area contributed by atoms with Crippen LogP contribution in [0.15, 0.2) is 24.3 Å². The maximum atomic E-state index is 11.6. The minimum Gasteiger partial charge on any atom is -0.496 e. The van der Waals surface area contributed by atoms with E-state index in [1.165, 1.54) is 12.8 Å². The van der Waals surface area contributed by atoms with E-state index in [-0.39, 0.29) is 6.04 Å². The van der Waals surface area contributed by atoms with Crippen molar-refractivity contribution >= 4 is 5.97 Å². The predicted molar refractivity (Wildman–Crippen MR) is 77.9 cm³/mol. The van der Waals surface area contributed by atoms with Gasteiger partial charge in [0, 0.05) is 11.6 Å². The molecule has 0 saturated heterocycles. The van der Waals surface area contributed by atoms with E-state index in [1.807, 2.05) is 18.2 Å². The molecule has 2 rings (SSSR count). The first-order valence-corrected chi connectivity index (χ1v) is 7.25. The Labute approximate surface area is 120 Å². The quantitative estimate of drug-likeness (QED) is 0.868. The third kappa shape index (κ3) is 3.31. The number of carboxylic acid groups (broad SMARTS) is 1. The Hall–Kier alpha value is -1.55. The van der Waals surface area contributed by atoms with Crippen LogP contribution in [0.1, 0.15) is 44.2 Å². The Bertz CT molecular complexity index is 461. The molecule has 3 unspecified atom stereocenters. The Morgan fingerprint density at radius 3 is 2.70 bits per heavy atom. The van der Waals surface area contributed by atoms with Crippen LogP contribution in [-0.4, -0.2) is 24.2 Å². The summed E-state index contributed by atoms with van der Waals surface area (Å²) < 4.78 is 5.29.